The van der Waals surface area contributed by atoms with Crippen LogP contribution in [0, 0.1) is 0 Å². The van der Waals surface area contributed by atoms with Crippen LogP contribution in [0.1, 0.15) is 35.0 Å². The molecule has 1 aromatic heterocycles. The molecular formula is C18H15ClF3N5O2. The molecule has 0 saturated heterocycles. The molecule has 1 atom stereocenters. The Kier molecular flexibility index (Phi) is 5.22. The van der Waals surface area contributed by atoms with E-state index < -0.39 is 28.2 Å². The van der Waals surface area contributed by atoms with Gasteiger partial charge in [0, 0.05) is 11.9 Å². The smallest absolute Gasteiger partial charge is 0.370 e. The van der Waals surface area contributed by atoms with E-state index in [-0.39, 0.29) is 24.0 Å². The molecule has 0 aliphatic carbocycles. The number of anilines is 1. The van der Waals surface area contributed by atoms with Crippen molar-refractivity contribution >= 4 is 35.1 Å². The first-order valence-electron chi connectivity index (χ1n) is 8.28. The third-order valence-corrected chi connectivity index (χ3v) is 4.55. The molecule has 0 spiro atoms. The Balaban J connectivity index is 1.85. The Morgan fingerprint density at radius 3 is 2.69 bits per heavy atom. The van der Waals surface area contributed by atoms with Crippen LogP contribution in [0.15, 0.2) is 41.5 Å². The molecule has 2 aromatic rings. The minimum Gasteiger partial charge on any atom is -0.370 e. The van der Waals surface area contributed by atoms with Gasteiger partial charge in [-0.25, -0.2) is 9.98 Å². The minimum absolute atomic E-state index is 0.0149. The number of amides is 2. The van der Waals surface area contributed by atoms with Crippen molar-refractivity contribution in [1.29, 1.82) is 0 Å². The highest BCUT2D eigenvalue weighted by Crippen LogP contribution is 2.33. The van der Waals surface area contributed by atoms with Gasteiger partial charge in [0.2, 0.25) is 5.91 Å². The zero-order chi connectivity index (χ0) is 21.4. The molecule has 0 bridgehead atoms. The van der Waals surface area contributed by atoms with Crippen LogP contribution >= 0.6 is 11.6 Å². The number of carbonyl (C=O) groups is 2. The van der Waals surface area contributed by atoms with Crippen LogP contribution in [0.25, 0.3) is 0 Å². The molecule has 11 heteroatoms. The van der Waals surface area contributed by atoms with Crippen molar-refractivity contribution in [2.24, 2.45) is 10.7 Å². The van der Waals surface area contributed by atoms with Crippen molar-refractivity contribution in [3.63, 3.8) is 0 Å². The number of benzene rings is 1. The Hall–Kier alpha value is -3.14. The Morgan fingerprint density at radius 2 is 2.07 bits per heavy atom. The summed E-state index contributed by atoms with van der Waals surface area (Å²) in [7, 11) is 0. The van der Waals surface area contributed by atoms with Crippen LogP contribution in [0.4, 0.5) is 18.9 Å². The van der Waals surface area contributed by atoms with E-state index >= 15 is 0 Å². The average Bonchev–Trinajstić information content (AvgIpc) is 2.59. The van der Waals surface area contributed by atoms with E-state index in [1.807, 2.05) is 0 Å². The van der Waals surface area contributed by atoms with Gasteiger partial charge in [-0.15, -0.1) is 0 Å². The zero-order valence-corrected chi connectivity index (χ0v) is 15.7. The second-order valence-electron chi connectivity index (χ2n) is 6.58. The molecule has 1 aromatic carbocycles. The minimum atomic E-state index is -4.62. The predicted octanol–water partition coefficient (Wildman–Crippen LogP) is 3.06. The predicted molar refractivity (Wildman–Crippen MR) is 100 cm³/mol. The Bertz CT molecular complexity index is 1020. The topological polar surface area (TPSA) is 109 Å². The van der Waals surface area contributed by atoms with Crippen molar-refractivity contribution in [2.45, 2.75) is 25.1 Å². The Morgan fingerprint density at radius 1 is 1.34 bits per heavy atom. The molecule has 1 aliphatic heterocycles. The number of aliphatic imine (C=N–C) groups is 1. The lowest BCUT2D eigenvalue weighted by Gasteiger charge is -2.29. The molecule has 0 radical (unpaired) electrons. The summed E-state index contributed by atoms with van der Waals surface area (Å²) < 4.78 is 38.1. The van der Waals surface area contributed by atoms with Crippen LogP contribution in [0.3, 0.4) is 0 Å². The quantitative estimate of drug-likeness (QED) is 0.702. The third kappa shape index (κ3) is 4.48. The van der Waals surface area contributed by atoms with Crippen LogP contribution in [0.5, 0.6) is 0 Å². The summed E-state index contributed by atoms with van der Waals surface area (Å²) in [6.07, 6.45) is -4.03. The number of hydrogen-bond donors (Lipinski definition) is 3. The van der Waals surface area contributed by atoms with E-state index in [0.717, 1.165) is 0 Å². The molecule has 0 saturated carbocycles. The van der Waals surface area contributed by atoms with Crippen molar-refractivity contribution in [2.75, 3.05) is 5.32 Å². The van der Waals surface area contributed by atoms with E-state index in [9.17, 15) is 22.8 Å². The number of carbonyl (C=O) groups excluding carboxylic acids is 2. The van der Waals surface area contributed by atoms with Crippen LogP contribution in [-0.2, 0) is 16.5 Å². The molecule has 1 unspecified atom stereocenters. The molecule has 3 rings (SSSR count). The molecule has 7 nitrogen and oxygen atoms in total. The summed E-state index contributed by atoms with van der Waals surface area (Å²) in [5.74, 6) is -1.09. The van der Waals surface area contributed by atoms with E-state index in [0.29, 0.717) is 23.5 Å². The highest BCUT2D eigenvalue weighted by molar-refractivity contribution is 6.34. The van der Waals surface area contributed by atoms with Gasteiger partial charge in [-0.1, -0.05) is 23.7 Å². The summed E-state index contributed by atoms with van der Waals surface area (Å²) in [6, 6.07) is 7.15. The zero-order valence-electron chi connectivity index (χ0n) is 15.0. The first-order valence-corrected chi connectivity index (χ1v) is 8.65. The van der Waals surface area contributed by atoms with Crippen molar-refractivity contribution in [1.82, 2.24) is 10.3 Å². The van der Waals surface area contributed by atoms with Crippen molar-refractivity contribution in [3.05, 3.63) is 58.4 Å². The van der Waals surface area contributed by atoms with E-state index in [2.05, 4.69) is 20.6 Å². The fraction of sp³-hybridized carbons (Fsp3) is 0.222. The van der Waals surface area contributed by atoms with Gasteiger partial charge in [-0.05, 0) is 30.7 Å². The van der Waals surface area contributed by atoms with E-state index in [1.165, 1.54) is 0 Å². The molecule has 2 heterocycles. The van der Waals surface area contributed by atoms with E-state index in [4.69, 9.17) is 17.3 Å². The molecular weight excluding hydrogens is 411 g/mol. The average molecular weight is 426 g/mol. The van der Waals surface area contributed by atoms with Gasteiger partial charge in [-0.3, -0.25) is 14.9 Å². The second kappa shape index (κ2) is 7.36. The van der Waals surface area contributed by atoms with Crippen molar-refractivity contribution in [3.8, 4) is 0 Å². The SMILES string of the molecule is CC1(c2cccc(NC(=O)c3ncc(C(F)(F)F)cc3Cl)c2)CC(=O)NC(N)=N1. The number of pyridine rings is 1. The first-order chi connectivity index (χ1) is 13.5. The van der Waals surface area contributed by atoms with Crippen LogP contribution in [-0.4, -0.2) is 22.8 Å². The fourth-order valence-electron chi connectivity index (χ4n) is 2.88. The lowest BCUT2D eigenvalue weighted by atomic mass is 9.87. The molecule has 2 amide bonds. The summed E-state index contributed by atoms with van der Waals surface area (Å²) >= 11 is 5.80. The summed E-state index contributed by atoms with van der Waals surface area (Å²) in [5, 5.41) is 4.51. The van der Waals surface area contributed by atoms with Gasteiger partial charge in [0.1, 0.15) is 5.69 Å². The molecule has 152 valence electrons. The number of halogens is 4. The monoisotopic (exact) mass is 425 g/mol. The largest absolute Gasteiger partial charge is 0.417 e. The highest BCUT2D eigenvalue weighted by Gasteiger charge is 2.34. The maximum atomic E-state index is 12.7. The molecule has 29 heavy (non-hydrogen) atoms. The maximum Gasteiger partial charge on any atom is 0.417 e. The number of rotatable bonds is 3. The van der Waals surface area contributed by atoms with Gasteiger partial charge in [-0.2, -0.15) is 13.2 Å². The lowest BCUT2D eigenvalue weighted by molar-refractivity contribution is -0.137. The van der Waals surface area contributed by atoms with E-state index in [1.54, 1.807) is 31.2 Å². The number of guanidine groups is 1. The maximum absolute atomic E-state index is 12.7. The second-order valence-corrected chi connectivity index (χ2v) is 6.99. The normalized spacial score (nSPS) is 19.3. The number of nitrogens with two attached hydrogens (primary N) is 1. The molecule has 0 fully saturated rings. The van der Waals surface area contributed by atoms with Gasteiger partial charge in [0.25, 0.3) is 5.91 Å². The van der Waals surface area contributed by atoms with Gasteiger partial charge < -0.3 is 11.1 Å². The number of aromatic nitrogens is 1. The van der Waals surface area contributed by atoms with Gasteiger partial charge >= 0.3 is 6.18 Å². The molecule has 4 N–H and O–H groups in total. The number of alkyl halides is 3. The number of nitrogens with zero attached hydrogens (tertiary/aromatic N) is 2. The first kappa shape index (κ1) is 20.6. The molecule has 1 aliphatic rings. The summed E-state index contributed by atoms with van der Waals surface area (Å²) in [5.41, 5.74) is 4.23. The number of hydrogen-bond acceptors (Lipinski definition) is 5. The fourth-order valence-corrected chi connectivity index (χ4v) is 3.13. The third-order valence-electron chi connectivity index (χ3n) is 4.27. The summed E-state index contributed by atoms with van der Waals surface area (Å²) in [4.78, 5) is 32.0. The van der Waals surface area contributed by atoms with Crippen LogP contribution < -0.4 is 16.4 Å². The standard InChI is InChI=1S/C18H15ClF3N5O2/c1-17(7-13(28)26-16(23)27-17)9-3-2-4-11(5-9)25-15(29)14-12(19)6-10(8-24-14)18(20,21)22/h2-6,8H,7H2,1H3,(H,25,29)(H3,23,26,27,28). The Labute approximate surface area is 168 Å². The number of nitrogens with one attached hydrogen (secondary N) is 2. The summed E-state index contributed by atoms with van der Waals surface area (Å²) in [6.45, 7) is 1.72. The van der Waals surface area contributed by atoms with Crippen molar-refractivity contribution < 1.29 is 22.8 Å². The van der Waals surface area contributed by atoms with Gasteiger partial charge in [0.05, 0.1) is 22.5 Å². The lowest BCUT2D eigenvalue weighted by Crippen LogP contribution is -2.46. The van der Waals surface area contributed by atoms with Crippen LogP contribution in [0.2, 0.25) is 5.02 Å². The van der Waals surface area contributed by atoms with Gasteiger partial charge in [0.15, 0.2) is 5.96 Å². The highest BCUT2D eigenvalue weighted by atomic mass is 35.5.